The molecule has 2 nitrogen and oxygen atoms in total. The van der Waals surface area contributed by atoms with Crippen LogP contribution in [0.1, 0.15) is 19.4 Å². The molecule has 0 aliphatic rings. The highest BCUT2D eigenvalue weighted by Gasteiger charge is 2.00. The van der Waals surface area contributed by atoms with Gasteiger partial charge in [0.15, 0.2) is 0 Å². The molecule has 0 fully saturated rings. The van der Waals surface area contributed by atoms with E-state index in [9.17, 15) is 0 Å². The highest BCUT2D eigenvalue weighted by Crippen LogP contribution is 2.22. The zero-order chi connectivity index (χ0) is 11.3. The fourth-order valence-electron chi connectivity index (χ4n) is 1.07. The molecule has 0 aliphatic carbocycles. The second kappa shape index (κ2) is 5.93. The Bertz CT molecular complexity index is 355. The van der Waals surface area contributed by atoms with Crippen molar-refractivity contribution in [2.24, 2.45) is 0 Å². The number of hydrogen-bond donors (Lipinski definition) is 1. The molecule has 0 heterocycles. The molecule has 0 unspecified atom stereocenters. The third-order valence-electron chi connectivity index (χ3n) is 1.93. The summed E-state index contributed by atoms with van der Waals surface area (Å²) < 4.78 is 6.41. The van der Waals surface area contributed by atoms with E-state index in [1.807, 2.05) is 38.1 Å². The molecule has 0 bridgehead atoms. The van der Waals surface area contributed by atoms with Crippen LogP contribution in [-0.2, 0) is 6.61 Å². The van der Waals surface area contributed by atoms with Crippen LogP contribution in [0.25, 0.3) is 0 Å². The fraction of sp³-hybridized carbons (Fsp3) is 0.333. The number of aliphatic hydroxyl groups is 1. The SMILES string of the molecule is CC(C)=CCOc1ccc(Br)c(CO)c1. The molecule has 1 aromatic rings. The predicted octanol–water partition coefficient (Wildman–Crippen LogP) is 3.29. The first kappa shape index (κ1) is 12.3. The zero-order valence-corrected chi connectivity index (χ0v) is 10.5. The van der Waals surface area contributed by atoms with Crippen LogP contribution in [-0.4, -0.2) is 11.7 Å². The number of rotatable bonds is 4. The first-order valence-electron chi connectivity index (χ1n) is 4.79. The van der Waals surface area contributed by atoms with Crippen LogP contribution in [0.5, 0.6) is 5.75 Å². The second-order valence-electron chi connectivity index (χ2n) is 3.50. The Morgan fingerprint density at radius 1 is 1.47 bits per heavy atom. The van der Waals surface area contributed by atoms with Crippen molar-refractivity contribution >= 4 is 15.9 Å². The van der Waals surface area contributed by atoms with Gasteiger partial charge in [-0.3, -0.25) is 0 Å². The standard InChI is InChI=1S/C12H15BrO2/c1-9(2)5-6-15-11-3-4-12(13)10(7-11)8-14/h3-5,7,14H,6,8H2,1-2H3. The van der Waals surface area contributed by atoms with Gasteiger partial charge in [-0.05, 0) is 43.7 Å². The minimum Gasteiger partial charge on any atom is -0.490 e. The second-order valence-corrected chi connectivity index (χ2v) is 4.36. The van der Waals surface area contributed by atoms with E-state index >= 15 is 0 Å². The van der Waals surface area contributed by atoms with E-state index in [2.05, 4.69) is 15.9 Å². The maximum absolute atomic E-state index is 9.06. The number of halogens is 1. The Balaban J connectivity index is 2.66. The van der Waals surface area contributed by atoms with Crippen molar-refractivity contribution in [3.05, 3.63) is 39.9 Å². The van der Waals surface area contributed by atoms with Gasteiger partial charge in [0.25, 0.3) is 0 Å². The normalized spacial score (nSPS) is 9.87. The maximum Gasteiger partial charge on any atom is 0.120 e. The van der Waals surface area contributed by atoms with Gasteiger partial charge in [-0.2, -0.15) is 0 Å². The first-order valence-corrected chi connectivity index (χ1v) is 5.58. The summed E-state index contributed by atoms with van der Waals surface area (Å²) in [4.78, 5) is 0. The smallest absolute Gasteiger partial charge is 0.120 e. The van der Waals surface area contributed by atoms with E-state index in [1.165, 1.54) is 5.57 Å². The van der Waals surface area contributed by atoms with Crippen molar-refractivity contribution in [1.29, 1.82) is 0 Å². The molecule has 3 heteroatoms. The Labute approximate surface area is 98.7 Å². The summed E-state index contributed by atoms with van der Waals surface area (Å²) in [5.41, 5.74) is 2.07. The Morgan fingerprint density at radius 3 is 2.80 bits per heavy atom. The van der Waals surface area contributed by atoms with Gasteiger partial charge in [0, 0.05) is 4.47 Å². The van der Waals surface area contributed by atoms with Gasteiger partial charge in [0.05, 0.1) is 6.61 Å². The number of ether oxygens (including phenoxy) is 1. The zero-order valence-electron chi connectivity index (χ0n) is 8.96. The lowest BCUT2D eigenvalue weighted by molar-refractivity contribution is 0.279. The Morgan fingerprint density at radius 2 is 2.20 bits per heavy atom. The summed E-state index contributed by atoms with van der Waals surface area (Å²) in [5, 5.41) is 9.06. The van der Waals surface area contributed by atoms with Crippen LogP contribution in [0.3, 0.4) is 0 Å². The molecule has 1 rings (SSSR count). The number of benzene rings is 1. The van der Waals surface area contributed by atoms with Gasteiger partial charge in [0.1, 0.15) is 12.4 Å². The molecule has 1 aromatic carbocycles. The third-order valence-corrected chi connectivity index (χ3v) is 2.70. The minimum absolute atomic E-state index is 0.0143. The summed E-state index contributed by atoms with van der Waals surface area (Å²) in [5.74, 6) is 0.778. The monoisotopic (exact) mass is 270 g/mol. The first-order chi connectivity index (χ1) is 7.13. The quantitative estimate of drug-likeness (QED) is 0.851. The molecule has 15 heavy (non-hydrogen) atoms. The third kappa shape index (κ3) is 4.06. The van der Waals surface area contributed by atoms with Crippen LogP contribution in [0.4, 0.5) is 0 Å². The van der Waals surface area contributed by atoms with Gasteiger partial charge < -0.3 is 9.84 Å². The lowest BCUT2D eigenvalue weighted by atomic mass is 10.2. The van der Waals surface area contributed by atoms with Gasteiger partial charge in [0.2, 0.25) is 0 Å². The van der Waals surface area contributed by atoms with E-state index in [0.29, 0.717) is 6.61 Å². The molecule has 0 saturated heterocycles. The molecule has 0 atom stereocenters. The molecule has 0 spiro atoms. The number of aliphatic hydroxyl groups excluding tert-OH is 1. The van der Waals surface area contributed by atoms with Gasteiger partial charge >= 0.3 is 0 Å². The topological polar surface area (TPSA) is 29.5 Å². The molecule has 0 aliphatic heterocycles. The van der Waals surface area contributed by atoms with Crippen molar-refractivity contribution in [3.8, 4) is 5.75 Å². The molecule has 82 valence electrons. The van der Waals surface area contributed by atoms with Gasteiger partial charge in [-0.15, -0.1) is 0 Å². The van der Waals surface area contributed by atoms with E-state index in [0.717, 1.165) is 15.8 Å². The summed E-state index contributed by atoms with van der Waals surface area (Å²) in [6.07, 6.45) is 2.01. The van der Waals surface area contributed by atoms with Crippen LogP contribution >= 0.6 is 15.9 Å². The summed E-state index contributed by atoms with van der Waals surface area (Å²) in [6, 6.07) is 5.59. The molecular formula is C12H15BrO2. The number of allylic oxidation sites excluding steroid dienone is 1. The van der Waals surface area contributed by atoms with Crippen LogP contribution in [0, 0.1) is 0 Å². The average Bonchev–Trinajstić information content (AvgIpc) is 2.20. The summed E-state index contributed by atoms with van der Waals surface area (Å²) in [7, 11) is 0. The van der Waals surface area contributed by atoms with Gasteiger partial charge in [-0.1, -0.05) is 21.5 Å². The van der Waals surface area contributed by atoms with Crippen LogP contribution in [0.15, 0.2) is 34.3 Å². The van der Waals surface area contributed by atoms with Crippen molar-refractivity contribution < 1.29 is 9.84 Å². The summed E-state index contributed by atoms with van der Waals surface area (Å²) >= 11 is 3.35. The van der Waals surface area contributed by atoms with E-state index in [4.69, 9.17) is 9.84 Å². The molecule has 0 aromatic heterocycles. The van der Waals surface area contributed by atoms with E-state index in [1.54, 1.807) is 0 Å². The molecule has 0 amide bonds. The van der Waals surface area contributed by atoms with E-state index in [-0.39, 0.29) is 6.61 Å². The number of hydrogen-bond acceptors (Lipinski definition) is 2. The molecular weight excluding hydrogens is 256 g/mol. The molecule has 0 saturated carbocycles. The van der Waals surface area contributed by atoms with Crippen LogP contribution < -0.4 is 4.74 Å². The predicted molar refractivity (Wildman–Crippen MR) is 65.0 cm³/mol. The lowest BCUT2D eigenvalue weighted by Gasteiger charge is -2.06. The van der Waals surface area contributed by atoms with Crippen molar-refractivity contribution in [2.45, 2.75) is 20.5 Å². The highest BCUT2D eigenvalue weighted by molar-refractivity contribution is 9.10. The largest absolute Gasteiger partial charge is 0.490 e. The minimum atomic E-state index is 0.0143. The van der Waals surface area contributed by atoms with Crippen molar-refractivity contribution in [3.63, 3.8) is 0 Å². The van der Waals surface area contributed by atoms with E-state index < -0.39 is 0 Å². The fourth-order valence-corrected chi connectivity index (χ4v) is 1.44. The lowest BCUT2D eigenvalue weighted by Crippen LogP contribution is -1.95. The molecule has 1 N–H and O–H groups in total. The van der Waals surface area contributed by atoms with Gasteiger partial charge in [-0.25, -0.2) is 0 Å². The van der Waals surface area contributed by atoms with Crippen molar-refractivity contribution in [2.75, 3.05) is 6.61 Å². The summed E-state index contributed by atoms with van der Waals surface area (Å²) in [6.45, 7) is 4.64. The molecule has 0 radical (unpaired) electrons. The highest BCUT2D eigenvalue weighted by atomic mass is 79.9. The average molecular weight is 271 g/mol. The van der Waals surface area contributed by atoms with Crippen LogP contribution in [0.2, 0.25) is 0 Å². The Kier molecular flexibility index (Phi) is 4.85. The maximum atomic E-state index is 9.06. The van der Waals surface area contributed by atoms with Crippen molar-refractivity contribution in [1.82, 2.24) is 0 Å². The Hall–Kier alpha value is -0.800.